The van der Waals surface area contributed by atoms with Gasteiger partial charge in [-0.15, -0.1) is 6.58 Å². The number of benzene rings is 1. The Bertz CT molecular complexity index is 574. The highest BCUT2D eigenvalue weighted by molar-refractivity contribution is 6.16. The fraction of sp³-hybridized carbons (Fsp3) is 0.333. The summed E-state index contributed by atoms with van der Waals surface area (Å²) in [7, 11) is 1.14. The molecule has 6 heteroatoms. The summed E-state index contributed by atoms with van der Waals surface area (Å²) >= 11 is 0. The molecule has 0 unspecified atom stereocenters. The van der Waals surface area contributed by atoms with Crippen molar-refractivity contribution < 1.29 is 28.9 Å². The first-order valence-corrected chi connectivity index (χ1v) is 7.53. The number of rotatable bonds is 11. The molecule has 130 valence electrons. The highest BCUT2D eigenvalue weighted by Crippen LogP contribution is 2.15. The van der Waals surface area contributed by atoms with Crippen molar-refractivity contribution >= 4 is 18.0 Å². The van der Waals surface area contributed by atoms with Crippen LogP contribution in [-0.2, 0) is 19.1 Å². The molecule has 0 bridgehead atoms. The van der Waals surface area contributed by atoms with Gasteiger partial charge in [0.25, 0.3) is 0 Å². The van der Waals surface area contributed by atoms with Gasteiger partial charge < -0.3 is 19.3 Å². The fourth-order valence-electron chi connectivity index (χ4n) is 1.81. The first-order valence-electron chi connectivity index (χ1n) is 7.53. The molecule has 0 aliphatic heterocycles. The van der Waals surface area contributed by atoms with Gasteiger partial charge in [-0.3, -0.25) is 0 Å². The lowest BCUT2D eigenvalue weighted by atomic mass is 10.1. The maximum absolute atomic E-state index is 11.4. The minimum absolute atomic E-state index is 0.425. The van der Waals surface area contributed by atoms with Gasteiger partial charge in [0.1, 0.15) is 11.3 Å². The number of unbranched alkanes of at least 4 members (excludes halogenated alkanes) is 1. The number of methoxy groups -OCH3 is 1. The summed E-state index contributed by atoms with van der Waals surface area (Å²) in [5.41, 5.74) is 0.147. The normalized spacial score (nSPS) is 11.0. The molecule has 0 radical (unpaired) electrons. The number of esters is 1. The third-order valence-corrected chi connectivity index (χ3v) is 3.01. The van der Waals surface area contributed by atoms with E-state index < -0.39 is 17.5 Å². The number of carboxylic acid groups (broad SMARTS) is 1. The zero-order valence-electron chi connectivity index (χ0n) is 13.7. The number of aliphatic carboxylic acids is 1. The molecule has 6 nitrogen and oxygen atoms in total. The molecule has 0 heterocycles. The van der Waals surface area contributed by atoms with E-state index in [1.165, 1.54) is 6.08 Å². The van der Waals surface area contributed by atoms with Crippen LogP contribution in [0.15, 0.2) is 42.5 Å². The molecular weight excluding hydrogens is 312 g/mol. The van der Waals surface area contributed by atoms with E-state index in [4.69, 9.17) is 14.6 Å². The Hall–Kier alpha value is -2.60. The van der Waals surface area contributed by atoms with E-state index in [9.17, 15) is 9.59 Å². The van der Waals surface area contributed by atoms with Crippen molar-refractivity contribution in [3.63, 3.8) is 0 Å². The zero-order valence-corrected chi connectivity index (χ0v) is 13.7. The van der Waals surface area contributed by atoms with Gasteiger partial charge in [-0.25, -0.2) is 9.59 Å². The highest BCUT2D eigenvalue weighted by atomic mass is 16.5. The van der Waals surface area contributed by atoms with Gasteiger partial charge in [0.05, 0.1) is 20.3 Å². The molecule has 0 saturated heterocycles. The van der Waals surface area contributed by atoms with Crippen LogP contribution in [0.25, 0.3) is 6.08 Å². The molecule has 1 N–H and O–H groups in total. The SMILES string of the molecule is C=CCOCCCCOc1ccc(C=C(C(=O)O)C(=O)OC)cc1. The van der Waals surface area contributed by atoms with Crippen LogP contribution in [0.3, 0.4) is 0 Å². The predicted molar refractivity (Wildman–Crippen MR) is 89.8 cm³/mol. The molecule has 1 rings (SSSR count). The van der Waals surface area contributed by atoms with E-state index in [0.29, 0.717) is 31.1 Å². The molecule has 0 aliphatic carbocycles. The van der Waals surface area contributed by atoms with Gasteiger partial charge >= 0.3 is 11.9 Å². The van der Waals surface area contributed by atoms with E-state index in [-0.39, 0.29) is 0 Å². The summed E-state index contributed by atoms with van der Waals surface area (Å²) in [5, 5.41) is 9.00. The zero-order chi connectivity index (χ0) is 17.8. The van der Waals surface area contributed by atoms with Crippen molar-refractivity contribution in [3.8, 4) is 5.75 Å². The second-order valence-corrected chi connectivity index (χ2v) is 4.84. The molecule has 0 amide bonds. The van der Waals surface area contributed by atoms with Crippen LogP contribution in [0.2, 0.25) is 0 Å². The number of carboxylic acids is 1. The van der Waals surface area contributed by atoms with Gasteiger partial charge in [-0.1, -0.05) is 18.2 Å². The average molecular weight is 334 g/mol. The number of hydrogen-bond donors (Lipinski definition) is 1. The minimum atomic E-state index is -1.33. The Kier molecular flexibility index (Phi) is 8.93. The summed E-state index contributed by atoms with van der Waals surface area (Å²) in [6.07, 6.45) is 4.73. The summed E-state index contributed by atoms with van der Waals surface area (Å²) < 4.78 is 15.3. The highest BCUT2D eigenvalue weighted by Gasteiger charge is 2.17. The van der Waals surface area contributed by atoms with Crippen LogP contribution in [0.5, 0.6) is 5.75 Å². The van der Waals surface area contributed by atoms with Gasteiger partial charge in [-0.2, -0.15) is 0 Å². The average Bonchev–Trinajstić information content (AvgIpc) is 2.59. The molecule has 1 aromatic carbocycles. The maximum atomic E-state index is 11.4. The molecule has 0 atom stereocenters. The number of carbonyl (C=O) groups excluding carboxylic acids is 1. The molecule has 1 aromatic rings. The molecule has 24 heavy (non-hydrogen) atoms. The topological polar surface area (TPSA) is 82.1 Å². The number of carbonyl (C=O) groups is 2. The molecule has 0 aliphatic rings. The van der Waals surface area contributed by atoms with Crippen molar-refractivity contribution in [3.05, 3.63) is 48.1 Å². The van der Waals surface area contributed by atoms with Crippen LogP contribution in [0.1, 0.15) is 18.4 Å². The van der Waals surface area contributed by atoms with E-state index in [2.05, 4.69) is 11.3 Å². The van der Waals surface area contributed by atoms with Crippen molar-refractivity contribution in [2.45, 2.75) is 12.8 Å². The van der Waals surface area contributed by atoms with Crippen molar-refractivity contribution in [2.24, 2.45) is 0 Å². The summed E-state index contributed by atoms with van der Waals surface area (Å²) in [5.74, 6) is -1.54. The summed E-state index contributed by atoms with van der Waals surface area (Å²) in [6.45, 7) is 5.36. The number of hydrogen-bond acceptors (Lipinski definition) is 5. The first kappa shape index (κ1) is 19.4. The second-order valence-electron chi connectivity index (χ2n) is 4.84. The molecular formula is C18H22O6. The monoisotopic (exact) mass is 334 g/mol. The van der Waals surface area contributed by atoms with Crippen molar-refractivity contribution in [2.75, 3.05) is 26.9 Å². The largest absolute Gasteiger partial charge is 0.494 e. The van der Waals surface area contributed by atoms with E-state index >= 15 is 0 Å². The third kappa shape index (κ3) is 7.11. The minimum Gasteiger partial charge on any atom is -0.494 e. The lowest BCUT2D eigenvalue weighted by Gasteiger charge is -2.07. The summed E-state index contributed by atoms with van der Waals surface area (Å²) in [4.78, 5) is 22.4. The first-order chi connectivity index (χ1) is 11.6. The van der Waals surface area contributed by atoms with Crippen LogP contribution in [0, 0.1) is 0 Å². The molecule has 0 fully saturated rings. The Morgan fingerprint density at radius 1 is 1.17 bits per heavy atom. The Morgan fingerprint density at radius 3 is 2.42 bits per heavy atom. The standard InChI is InChI=1S/C18H22O6/c1-3-10-23-11-4-5-12-24-15-8-6-14(7-9-15)13-16(17(19)20)18(21)22-2/h3,6-9,13H,1,4-5,10-12H2,2H3,(H,19,20). The molecule has 0 aromatic heterocycles. The number of ether oxygens (including phenoxy) is 3. The second kappa shape index (κ2) is 11.0. The van der Waals surface area contributed by atoms with Crippen molar-refractivity contribution in [1.29, 1.82) is 0 Å². The van der Waals surface area contributed by atoms with Crippen LogP contribution in [0.4, 0.5) is 0 Å². The lowest BCUT2D eigenvalue weighted by Crippen LogP contribution is -2.13. The Morgan fingerprint density at radius 2 is 1.83 bits per heavy atom. The van der Waals surface area contributed by atoms with E-state index in [0.717, 1.165) is 20.0 Å². The molecule has 0 saturated carbocycles. The van der Waals surface area contributed by atoms with Crippen LogP contribution >= 0.6 is 0 Å². The Labute approximate surface area is 141 Å². The lowest BCUT2D eigenvalue weighted by molar-refractivity contribution is -0.142. The Balaban J connectivity index is 2.49. The smallest absolute Gasteiger partial charge is 0.345 e. The summed E-state index contributed by atoms with van der Waals surface area (Å²) in [6, 6.07) is 6.79. The fourth-order valence-corrected chi connectivity index (χ4v) is 1.81. The third-order valence-electron chi connectivity index (χ3n) is 3.01. The van der Waals surface area contributed by atoms with Crippen LogP contribution < -0.4 is 4.74 Å². The quantitative estimate of drug-likeness (QED) is 0.167. The van der Waals surface area contributed by atoms with Crippen molar-refractivity contribution in [1.82, 2.24) is 0 Å². The van der Waals surface area contributed by atoms with E-state index in [1.807, 2.05) is 0 Å². The predicted octanol–water partition coefficient (Wildman–Crippen LogP) is 2.69. The van der Waals surface area contributed by atoms with Gasteiger partial charge in [0.2, 0.25) is 0 Å². The van der Waals surface area contributed by atoms with Crippen LogP contribution in [-0.4, -0.2) is 44.0 Å². The van der Waals surface area contributed by atoms with E-state index in [1.54, 1.807) is 30.3 Å². The van der Waals surface area contributed by atoms with Gasteiger partial charge in [0.15, 0.2) is 0 Å². The molecule has 0 spiro atoms. The van der Waals surface area contributed by atoms with Gasteiger partial charge in [-0.05, 0) is 36.6 Å². The maximum Gasteiger partial charge on any atom is 0.345 e. The van der Waals surface area contributed by atoms with Gasteiger partial charge in [0, 0.05) is 6.61 Å².